The van der Waals surface area contributed by atoms with E-state index < -0.39 is 5.97 Å². The van der Waals surface area contributed by atoms with Crippen molar-refractivity contribution in [2.75, 3.05) is 0 Å². The summed E-state index contributed by atoms with van der Waals surface area (Å²) >= 11 is 0. The SMILES string of the molecule is CC(C(=O)O)C1CCc2ccc(O)cc2C1. The largest absolute Gasteiger partial charge is 0.508 e. The molecule has 0 heterocycles. The number of rotatable bonds is 2. The first kappa shape index (κ1) is 11.0. The topological polar surface area (TPSA) is 57.5 Å². The van der Waals surface area contributed by atoms with Crippen LogP contribution in [0.25, 0.3) is 0 Å². The van der Waals surface area contributed by atoms with Crippen LogP contribution in [0, 0.1) is 11.8 Å². The Hall–Kier alpha value is -1.51. The number of hydrogen-bond acceptors (Lipinski definition) is 2. The molecule has 0 aliphatic heterocycles. The maximum Gasteiger partial charge on any atom is 0.306 e. The molecule has 0 radical (unpaired) electrons. The fraction of sp³-hybridized carbons (Fsp3) is 0.462. The van der Waals surface area contributed by atoms with Gasteiger partial charge in [0.2, 0.25) is 0 Å². The number of carboxylic acids is 1. The van der Waals surface area contributed by atoms with Crippen LogP contribution in [-0.2, 0) is 17.6 Å². The lowest BCUT2D eigenvalue weighted by Gasteiger charge is -2.27. The summed E-state index contributed by atoms with van der Waals surface area (Å²) in [5, 5.41) is 18.4. The predicted octanol–water partition coefficient (Wildman–Crippen LogP) is 2.22. The van der Waals surface area contributed by atoms with Gasteiger partial charge in [0.05, 0.1) is 5.92 Å². The number of carbonyl (C=O) groups is 1. The predicted molar refractivity (Wildman–Crippen MR) is 60.4 cm³/mol. The second-order valence-electron chi connectivity index (χ2n) is 4.58. The summed E-state index contributed by atoms with van der Waals surface area (Å²) in [6.45, 7) is 1.76. The van der Waals surface area contributed by atoms with Crippen LogP contribution in [-0.4, -0.2) is 16.2 Å². The number of phenolic OH excluding ortho intramolecular Hbond substituents is 1. The van der Waals surface area contributed by atoms with Crippen LogP contribution in [0.15, 0.2) is 18.2 Å². The summed E-state index contributed by atoms with van der Waals surface area (Å²) < 4.78 is 0. The minimum Gasteiger partial charge on any atom is -0.508 e. The molecule has 2 unspecified atom stereocenters. The van der Waals surface area contributed by atoms with Gasteiger partial charge in [0.25, 0.3) is 0 Å². The molecule has 3 heteroatoms. The van der Waals surface area contributed by atoms with Crippen molar-refractivity contribution in [3.05, 3.63) is 29.3 Å². The zero-order valence-corrected chi connectivity index (χ0v) is 9.31. The molecule has 0 amide bonds. The third-order valence-corrected chi connectivity index (χ3v) is 3.55. The van der Waals surface area contributed by atoms with Crippen molar-refractivity contribution in [2.24, 2.45) is 11.8 Å². The molecular formula is C13H16O3. The van der Waals surface area contributed by atoms with E-state index in [4.69, 9.17) is 5.11 Å². The van der Waals surface area contributed by atoms with Crippen LogP contribution in [0.4, 0.5) is 0 Å². The second kappa shape index (κ2) is 4.16. The number of carboxylic acid groups (broad SMARTS) is 1. The number of phenols is 1. The van der Waals surface area contributed by atoms with Crippen LogP contribution in [0.2, 0.25) is 0 Å². The molecule has 1 aliphatic carbocycles. The van der Waals surface area contributed by atoms with Gasteiger partial charge in [-0.25, -0.2) is 0 Å². The van der Waals surface area contributed by atoms with Crippen molar-refractivity contribution in [1.82, 2.24) is 0 Å². The van der Waals surface area contributed by atoms with Crippen molar-refractivity contribution < 1.29 is 15.0 Å². The zero-order chi connectivity index (χ0) is 11.7. The van der Waals surface area contributed by atoms with Crippen LogP contribution in [0.3, 0.4) is 0 Å². The molecule has 2 N–H and O–H groups in total. The minimum atomic E-state index is -0.728. The molecule has 3 nitrogen and oxygen atoms in total. The molecule has 0 fully saturated rings. The van der Waals surface area contributed by atoms with E-state index in [0.29, 0.717) is 0 Å². The smallest absolute Gasteiger partial charge is 0.306 e. The first-order chi connectivity index (χ1) is 7.58. The molecule has 2 rings (SSSR count). The minimum absolute atomic E-state index is 0.187. The number of aryl methyl sites for hydroxylation is 1. The lowest BCUT2D eigenvalue weighted by atomic mass is 9.77. The quantitative estimate of drug-likeness (QED) is 0.803. The molecule has 0 aromatic heterocycles. The average molecular weight is 220 g/mol. The van der Waals surface area contributed by atoms with Gasteiger partial charge >= 0.3 is 5.97 Å². The van der Waals surface area contributed by atoms with Gasteiger partial charge in [-0.2, -0.15) is 0 Å². The van der Waals surface area contributed by atoms with Crippen molar-refractivity contribution in [1.29, 1.82) is 0 Å². The Morgan fingerprint density at radius 3 is 2.88 bits per heavy atom. The summed E-state index contributed by atoms with van der Waals surface area (Å²) in [5.41, 5.74) is 2.34. The second-order valence-corrected chi connectivity index (χ2v) is 4.58. The molecule has 1 aliphatic rings. The van der Waals surface area contributed by atoms with E-state index in [9.17, 15) is 9.90 Å². The first-order valence-corrected chi connectivity index (χ1v) is 5.61. The van der Waals surface area contributed by atoms with E-state index in [2.05, 4.69) is 0 Å². The number of aliphatic carboxylic acids is 1. The molecular weight excluding hydrogens is 204 g/mol. The van der Waals surface area contributed by atoms with E-state index in [1.54, 1.807) is 19.1 Å². The highest BCUT2D eigenvalue weighted by molar-refractivity contribution is 5.70. The first-order valence-electron chi connectivity index (χ1n) is 5.61. The van der Waals surface area contributed by atoms with Gasteiger partial charge in [0.1, 0.15) is 5.75 Å². The van der Waals surface area contributed by atoms with E-state index in [-0.39, 0.29) is 17.6 Å². The summed E-state index contributed by atoms with van der Waals surface area (Å²) in [4.78, 5) is 10.9. The van der Waals surface area contributed by atoms with Crippen LogP contribution < -0.4 is 0 Å². The number of hydrogen-bond donors (Lipinski definition) is 2. The highest BCUT2D eigenvalue weighted by atomic mass is 16.4. The van der Waals surface area contributed by atoms with Crippen molar-refractivity contribution in [3.8, 4) is 5.75 Å². The fourth-order valence-electron chi connectivity index (χ4n) is 2.40. The summed E-state index contributed by atoms with van der Waals surface area (Å²) in [6, 6.07) is 5.39. The average Bonchev–Trinajstić information content (AvgIpc) is 2.26. The fourth-order valence-corrected chi connectivity index (χ4v) is 2.40. The van der Waals surface area contributed by atoms with E-state index in [1.807, 2.05) is 6.07 Å². The third-order valence-electron chi connectivity index (χ3n) is 3.55. The van der Waals surface area contributed by atoms with Crippen LogP contribution in [0.5, 0.6) is 5.75 Å². The Kier molecular flexibility index (Phi) is 2.86. The standard InChI is InChI=1S/C13H16O3/c1-8(13(15)16)10-3-2-9-4-5-12(14)7-11(9)6-10/h4-5,7-8,10,14H,2-3,6H2,1H3,(H,15,16). The van der Waals surface area contributed by atoms with Gasteiger partial charge in [-0.15, -0.1) is 0 Å². The van der Waals surface area contributed by atoms with Crippen molar-refractivity contribution in [2.45, 2.75) is 26.2 Å². The molecule has 0 saturated heterocycles. The highest BCUT2D eigenvalue weighted by Gasteiger charge is 2.27. The summed E-state index contributed by atoms with van der Waals surface area (Å²) in [6.07, 6.45) is 2.60. The molecule has 1 aromatic rings. The molecule has 16 heavy (non-hydrogen) atoms. The molecule has 0 spiro atoms. The van der Waals surface area contributed by atoms with E-state index >= 15 is 0 Å². The normalized spacial score (nSPS) is 21.2. The molecule has 1 aromatic carbocycles. The van der Waals surface area contributed by atoms with Crippen molar-refractivity contribution >= 4 is 5.97 Å². The monoisotopic (exact) mass is 220 g/mol. The Balaban J connectivity index is 2.19. The van der Waals surface area contributed by atoms with Gasteiger partial charge in [0, 0.05) is 0 Å². The van der Waals surface area contributed by atoms with Crippen LogP contribution in [0.1, 0.15) is 24.5 Å². The lowest BCUT2D eigenvalue weighted by Crippen LogP contribution is -2.26. The Bertz CT molecular complexity index is 412. The third kappa shape index (κ3) is 2.03. The van der Waals surface area contributed by atoms with Gasteiger partial charge in [-0.05, 0) is 48.4 Å². The highest BCUT2D eigenvalue weighted by Crippen LogP contribution is 2.32. The number of aromatic hydroxyl groups is 1. The molecule has 86 valence electrons. The zero-order valence-electron chi connectivity index (χ0n) is 9.31. The van der Waals surface area contributed by atoms with Crippen molar-refractivity contribution in [3.63, 3.8) is 0 Å². The molecule has 0 saturated carbocycles. The van der Waals surface area contributed by atoms with Gasteiger partial charge < -0.3 is 10.2 Å². The molecule has 0 bridgehead atoms. The number of benzene rings is 1. The number of fused-ring (bicyclic) bond motifs is 1. The van der Waals surface area contributed by atoms with Gasteiger partial charge in [0.15, 0.2) is 0 Å². The maximum atomic E-state index is 10.9. The Morgan fingerprint density at radius 1 is 1.44 bits per heavy atom. The van der Waals surface area contributed by atoms with Crippen LogP contribution >= 0.6 is 0 Å². The van der Waals surface area contributed by atoms with Gasteiger partial charge in [-0.1, -0.05) is 13.0 Å². The summed E-state index contributed by atoms with van der Waals surface area (Å²) in [5.74, 6) is -0.585. The lowest BCUT2D eigenvalue weighted by molar-refractivity contribution is -0.143. The molecule has 2 atom stereocenters. The Morgan fingerprint density at radius 2 is 2.19 bits per heavy atom. The maximum absolute atomic E-state index is 10.9. The summed E-state index contributed by atoms with van der Waals surface area (Å²) in [7, 11) is 0. The van der Waals surface area contributed by atoms with E-state index in [0.717, 1.165) is 24.8 Å². The Labute approximate surface area is 94.7 Å². The van der Waals surface area contributed by atoms with Gasteiger partial charge in [-0.3, -0.25) is 4.79 Å². The van der Waals surface area contributed by atoms with E-state index in [1.165, 1.54) is 5.56 Å².